The summed E-state index contributed by atoms with van der Waals surface area (Å²) in [6, 6.07) is 11.3. The highest BCUT2D eigenvalue weighted by Gasteiger charge is 2.33. The van der Waals surface area contributed by atoms with Crippen molar-refractivity contribution in [1.82, 2.24) is 15.0 Å². The molecule has 3 aromatic rings. The van der Waals surface area contributed by atoms with Gasteiger partial charge in [-0.05, 0) is 48.0 Å². The highest BCUT2D eigenvalue weighted by molar-refractivity contribution is 7.89. The van der Waals surface area contributed by atoms with E-state index in [0.717, 1.165) is 6.07 Å². The molecule has 0 aliphatic carbocycles. The van der Waals surface area contributed by atoms with Crippen LogP contribution in [-0.4, -0.2) is 32.4 Å². The van der Waals surface area contributed by atoms with Crippen LogP contribution >= 0.6 is 0 Å². The number of aromatic nitrogens is 1. The van der Waals surface area contributed by atoms with Crippen molar-refractivity contribution in [2.45, 2.75) is 17.6 Å². The molecule has 1 amide bonds. The number of sulfonamides is 1. The maximum absolute atomic E-state index is 12.9. The van der Waals surface area contributed by atoms with Gasteiger partial charge in [-0.15, -0.1) is 0 Å². The molecule has 180 valence electrons. The lowest BCUT2D eigenvalue weighted by molar-refractivity contribution is -0.137. The van der Waals surface area contributed by atoms with Gasteiger partial charge in [0.25, 0.3) is 0 Å². The highest BCUT2D eigenvalue weighted by atomic mass is 32.2. The fourth-order valence-electron chi connectivity index (χ4n) is 2.79. The molecular formula is C22H21F3N4O4S. The molecule has 0 fully saturated rings. The molecule has 0 aliphatic heterocycles. The van der Waals surface area contributed by atoms with E-state index in [1.807, 2.05) is 0 Å². The van der Waals surface area contributed by atoms with Crippen LogP contribution in [0.1, 0.15) is 16.9 Å². The number of furan rings is 1. The number of hydrogen-bond acceptors (Lipinski definition) is 6. The van der Waals surface area contributed by atoms with Gasteiger partial charge in [0.2, 0.25) is 15.9 Å². The van der Waals surface area contributed by atoms with Crippen molar-refractivity contribution in [1.29, 1.82) is 0 Å². The average molecular weight is 494 g/mol. The Labute approximate surface area is 193 Å². The van der Waals surface area contributed by atoms with E-state index in [1.54, 1.807) is 12.1 Å². The summed E-state index contributed by atoms with van der Waals surface area (Å²) in [5, 5.41) is 5.08. The average Bonchev–Trinajstić information content (AvgIpc) is 3.33. The number of nitrogens with one attached hydrogen (secondary N) is 3. The summed E-state index contributed by atoms with van der Waals surface area (Å²) in [5.74, 6) is -0.297. The number of rotatable bonds is 10. The highest BCUT2D eigenvalue weighted by Crippen LogP contribution is 2.33. The Hall–Kier alpha value is -3.64. The van der Waals surface area contributed by atoms with Crippen LogP contribution in [0.15, 0.2) is 76.4 Å². The summed E-state index contributed by atoms with van der Waals surface area (Å²) in [6.07, 6.45) is 0.871. The molecule has 0 atom stereocenters. The number of nitrogens with zero attached hydrogens (tertiary/aromatic N) is 1. The summed E-state index contributed by atoms with van der Waals surface area (Å²) in [7, 11) is -3.73. The predicted molar refractivity (Wildman–Crippen MR) is 119 cm³/mol. The van der Waals surface area contributed by atoms with Crippen molar-refractivity contribution < 1.29 is 30.8 Å². The van der Waals surface area contributed by atoms with E-state index < -0.39 is 27.7 Å². The first kappa shape index (κ1) is 25.0. The SMILES string of the molecule is O=C(C=Cc1ccc(S(=O)(=O)NCc2ccco2)cc1)NCCNc1ncccc1C(F)(F)F. The third-order valence-corrected chi connectivity index (χ3v) is 5.88. The van der Waals surface area contributed by atoms with Gasteiger partial charge in [0.1, 0.15) is 11.6 Å². The number of hydrogen-bond donors (Lipinski definition) is 3. The van der Waals surface area contributed by atoms with Crippen LogP contribution in [-0.2, 0) is 27.5 Å². The molecule has 2 aromatic heterocycles. The zero-order valence-corrected chi connectivity index (χ0v) is 18.5. The Kier molecular flexibility index (Phi) is 8.08. The molecule has 0 bridgehead atoms. The molecule has 0 unspecified atom stereocenters. The van der Waals surface area contributed by atoms with Gasteiger partial charge in [0.05, 0.1) is 23.3 Å². The van der Waals surface area contributed by atoms with E-state index in [2.05, 4.69) is 20.3 Å². The van der Waals surface area contributed by atoms with Crippen molar-refractivity contribution in [3.63, 3.8) is 0 Å². The van der Waals surface area contributed by atoms with Crippen LogP contribution in [0.4, 0.5) is 19.0 Å². The molecule has 1 aromatic carbocycles. The first-order chi connectivity index (χ1) is 16.1. The van der Waals surface area contributed by atoms with Crippen LogP contribution in [0.5, 0.6) is 0 Å². The smallest absolute Gasteiger partial charge is 0.419 e. The van der Waals surface area contributed by atoms with Crippen molar-refractivity contribution in [3.8, 4) is 0 Å². The number of halogens is 3. The van der Waals surface area contributed by atoms with Gasteiger partial charge in [-0.1, -0.05) is 12.1 Å². The summed E-state index contributed by atoms with van der Waals surface area (Å²) >= 11 is 0. The minimum atomic E-state index is -4.53. The Morgan fingerprint density at radius 2 is 1.82 bits per heavy atom. The quantitative estimate of drug-likeness (QED) is 0.294. The Morgan fingerprint density at radius 3 is 2.50 bits per heavy atom. The van der Waals surface area contributed by atoms with Gasteiger partial charge in [-0.2, -0.15) is 13.2 Å². The molecule has 0 radical (unpaired) electrons. The number of anilines is 1. The second-order valence-corrected chi connectivity index (χ2v) is 8.69. The summed E-state index contributed by atoms with van der Waals surface area (Å²) in [5.41, 5.74) is -0.301. The molecular weight excluding hydrogens is 473 g/mol. The van der Waals surface area contributed by atoms with Gasteiger partial charge in [0, 0.05) is 25.4 Å². The lowest BCUT2D eigenvalue weighted by Gasteiger charge is -2.13. The molecule has 12 heteroatoms. The van der Waals surface area contributed by atoms with Crippen LogP contribution in [0.3, 0.4) is 0 Å². The van der Waals surface area contributed by atoms with Crippen LogP contribution < -0.4 is 15.4 Å². The molecule has 0 saturated carbocycles. The van der Waals surface area contributed by atoms with Gasteiger partial charge in [-0.3, -0.25) is 4.79 Å². The van der Waals surface area contributed by atoms with Crippen LogP contribution in [0.2, 0.25) is 0 Å². The number of carbonyl (C=O) groups is 1. The molecule has 0 spiro atoms. The first-order valence-electron chi connectivity index (χ1n) is 9.99. The van der Waals surface area contributed by atoms with Gasteiger partial charge in [-0.25, -0.2) is 18.1 Å². The fraction of sp³-hybridized carbons (Fsp3) is 0.182. The molecule has 0 aliphatic rings. The Balaban J connectivity index is 1.46. The van der Waals surface area contributed by atoms with Crippen LogP contribution in [0.25, 0.3) is 6.08 Å². The maximum atomic E-state index is 12.9. The van der Waals surface area contributed by atoms with Crippen molar-refractivity contribution in [3.05, 3.63) is 84.0 Å². The number of alkyl halides is 3. The maximum Gasteiger partial charge on any atom is 0.419 e. The zero-order valence-electron chi connectivity index (χ0n) is 17.7. The van der Waals surface area contributed by atoms with Gasteiger partial charge in [0.15, 0.2) is 0 Å². The first-order valence-corrected chi connectivity index (χ1v) is 11.5. The lowest BCUT2D eigenvalue weighted by atomic mass is 10.2. The second-order valence-electron chi connectivity index (χ2n) is 6.92. The number of pyridine rings is 1. The van der Waals surface area contributed by atoms with E-state index in [9.17, 15) is 26.4 Å². The number of carbonyl (C=O) groups excluding carboxylic acids is 1. The van der Waals surface area contributed by atoms with E-state index >= 15 is 0 Å². The van der Waals surface area contributed by atoms with E-state index in [-0.39, 0.29) is 30.3 Å². The summed E-state index contributed by atoms with van der Waals surface area (Å²) in [4.78, 5) is 15.7. The Bertz CT molecular complexity index is 1230. The minimum absolute atomic E-state index is 0.0177. The topological polar surface area (TPSA) is 113 Å². The molecule has 0 saturated heterocycles. The number of amides is 1. The van der Waals surface area contributed by atoms with E-state index in [0.29, 0.717) is 11.3 Å². The fourth-order valence-corrected chi connectivity index (χ4v) is 3.79. The van der Waals surface area contributed by atoms with E-state index in [4.69, 9.17) is 4.42 Å². The minimum Gasteiger partial charge on any atom is -0.468 e. The molecule has 8 nitrogen and oxygen atoms in total. The van der Waals surface area contributed by atoms with Gasteiger partial charge >= 0.3 is 6.18 Å². The molecule has 3 rings (SSSR count). The zero-order chi connectivity index (χ0) is 24.6. The molecule has 34 heavy (non-hydrogen) atoms. The standard InChI is InChI=1S/C22H21F3N4O4S/c23-22(24,25)19-4-1-11-27-21(19)28-13-12-26-20(30)10-7-16-5-8-18(9-6-16)34(31,32)29-15-17-3-2-14-33-17/h1-11,14,29H,12-13,15H2,(H,26,30)(H,27,28). The second kappa shape index (κ2) is 11.0. The van der Waals surface area contributed by atoms with Gasteiger partial charge < -0.3 is 15.1 Å². The third-order valence-electron chi connectivity index (χ3n) is 4.46. The van der Waals surface area contributed by atoms with Crippen LogP contribution in [0, 0.1) is 0 Å². The van der Waals surface area contributed by atoms with E-state index in [1.165, 1.54) is 54.9 Å². The lowest BCUT2D eigenvalue weighted by Crippen LogP contribution is -2.27. The van der Waals surface area contributed by atoms with Crippen molar-refractivity contribution in [2.24, 2.45) is 0 Å². The third kappa shape index (κ3) is 7.18. The monoisotopic (exact) mass is 494 g/mol. The molecule has 2 heterocycles. The van der Waals surface area contributed by atoms with Crippen molar-refractivity contribution >= 4 is 27.8 Å². The molecule has 3 N–H and O–H groups in total. The summed E-state index contributed by atoms with van der Waals surface area (Å²) in [6.45, 7) is 0.122. The van der Waals surface area contributed by atoms with Crippen molar-refractivity contribution in [2.75, 3.05) is 18.4 Å². The predicted octanol–water partition coefficient (Wildman–Crippen LogP) is 3.41. The normalized spacial score (nSPS) is 12.1. The largest absolute Gasteiger partial charge is 0.468 e. The summed E-state index contributed by atoms with van der Waals surface area (Å²) < 4.78 is 71.0. The Morgan fingerprint density at radius 1 is 1.06 bits per heavy atom. The number of benzene rings is 1.